The number of nitriles is 1. The molecule has 0 unspecified atom stereocenters. The van der Waals surface area contributed by atoms with E-state index in [9.17, 15) is 22.4 Å². The summed E-state index contributed by atoms with van der Waals surface area (Å²) in [7, 11) is 0. The van der Waals surface area contributed by atoms with E-state index in [1.807, 2.05) is 11.0 Å². The summed E-state index contributed by atoms with van der Waals surface area (Å²) in [6.07, 6.45) is -1.46. The molecule has 0 aliphatic carbocycles. The number of halogens is 4. The Bertz CT molecular complexity index is 1180. The van der Waals surface area contributed by atoms with Crippen molar-refractivity contribution >= 4 is 22.7 Å². The number of fused-ring (bicyclic) bond motifs is 1. The van der Waals surface area contributed by atoms with Crippen LogP contribution in [0.4, 0.5) is 23.2 Å². The van der Waals surface area contributed by atoms with Crippen molar-refractivity contribution in [1.82, 2.24) is 9.88 Å². The molecule has 32 heavy (non-hydrogen) atoms. The van der Waals surface area contributed by atoms with Gasteiger partial charge in [-0.2, -0.15) is 14.0 Å². The third-order valence-electron chi connectivity index (χ3n) is 5.05. The van der Waals surface area contributed by atoms with Crippen LogP contribution in [0.3, 0.4) is 0 Å². The summed E-state index contributed by atoms with van der Waals surface area (Å²) < 4.78 is 60.6. The number of ether oxygens (including phenoxy) is 1. The lowest BCUT2D eigenvalue weighted by atomic mass is 10.1. The lowest BCUT2D eigenvalue weighted by Crippen LogP contribution is -2.48. The summed E-state index contributed by atoms with van der Waals surface area (Å²) in [5.41, 5.74) is 0.999. The molecule has 0 radical (unpaired) electrons. The Labute approximate surface area is 179 Å². The van der Waals surface area contributed by atoms with Gasteiger partial charge in [-0.05, 0) is 18.2 Å². The first-order valence-electron chi connectivity index (χ1n) is 9.56. The van der Waals surface area contributed by atoms with E-state index in [0.717, 1.165) is 6.07 Å². The molecule has 11 heteroatoms. The van der Waals surface area contributed by atoms with Crippen LogP contribution in [0.1, 0.15) is 28.1 Å². The van der Waals surface area contributed by atoms with Crippen molar-refractivity contribution in [2.24, 2.45) is 0 Å². The zero-order chi connectivity index (χ0) is 22.8. The van der Waals surface area contributed by atoms with Crippen LogP contribution in [0.15, 0.2) is 40.9 Å². The Morgan fingerprint density at radius 2 is 1.88 bits per heavy atom. The number of nitrogens with zero attached hydrogens (tertiary/aromatic N) is 4. The molecule has 1 aliphatic heterocycles. The summed E-state index contributed by atoms with van der Waals surface area (Å²) in [5.74, 6) is -1.07. The third kappa shape index (κ3) is 4.30. The highest BCUT2D eigenvalue weighted by Gasteiger charge is 2.26. The first-order chi connectivity index (χ1) is 15.4. The number of furan rings is 1. The van der Waals surface area contributed by atoms with E-state index < -0.39 is 18.8 Å². The van der Waals surface area contributed by atoms with Gasteiger partial charge in [0, 0.05) is 50.2 Å². The Morgan fingerprint density at radius 1 is 1.12 bits per heavy atom. The second kappa shape index (κ2) is 8.74. The largest absolute Gasteiger partial charge is 0.452 e. The minimum atomic E-state index is -3.02. The fourth-order valence-corrected chi connectivity index (χ4v) is 3.57. The molecule has 1 aliphatic rings. The molecular weight excluding hydrogens is 432 g/mol. The van der Waals surface area contributed by atoms with Gasteiger partial charge >= 0.3 is 6.61 Å². The number of hydrogen-bond acceptors (Lipinski definition) is 6. The molecule has 2 aromatic heterocycles. The molecule has 1 saturated heterocycles. The van der Waals surface area contributed by atoms with Crippen LogP contribution >= 0.6 is 0 Å². The maximum atomic E-state index is 13.0. The molecule has 0 atom stereocenters. The maximum absolute atomic E-state index is 13.0. The smallest absolute Gasteiger partial charge is 0.387 e. The Morgan fingerprint density at radius 3 is 2.53 bits per heavy atom. The Balaban J connectivity index is 1.50. The van der Waals surface area contributed by atoms with Gasteiger partial charge in [0.1, 0.15) is 11.3 Å². The first kappa shape index (κ1) is 21.4. The van der Waals surface area contributed by atoms with Crippen molar-refractivity contribution < 1.29 is 31.5 Å². The molecule has 1 amide bonds. The fourth-order valence-electron chi connectivity index (χ4n) is 3.57. The predicted octanol–water partition coefficient (Wildman–Crippen LogP) is 4.20. The summed E-state index contributed by atoms with van der Waals surface area (Å²) in [5, 5.41) is 9.16. The van der Waals surface area contributed by atoms with E-state index in [1.54, 1.807) is 11.0 Å². The molecule has 1 fully saturated rings. The minimum absolute atomic E-state index is 0.00532. The number of anilines is 1. The Hall–Kier alpha value is -3.81. The van der Waals surface area contributed by atoms with Gasteiger partial charge in [0.2, 0.25) is 0 Å². The van der Waals surface area contributed by atoms with Crippen molar-refractivity contribution in [1.29, 1.82) is 5.26 Å². The quantitative estimate of drug-likeness (QED) is 0.544. The molecule has 0 spiro atoms. The highest BCUT2D eigenvalue weighted by Crippen LogP contribution is 2.29. The van der Waals surface area contributed by atoms with Crippen LogP contribution in [0.2, 0.25) is 0 Å². The summed E-state index contributed by atoms with van der Waals surface area (Å²) >= 11 is 0. The van der Waals surface area contributed by atoms with Crippen molar-refractivity contribution in [3.8, 4) is 11.8 Å². The molecule has 0 saturated carbocycles. The van der Waals surface area contributed by atoms with Crippen LogP contribution in [-0.2, 0) is 0 Å². The van der Waals surface area contributed by atoms with E-state index in [1.165, 1.54) is 24.4 Å². The molecule has 1 aromatic carbocycles. The first-order valence-corrected chi connectivity index (χ1v) is 9.56. The van der Waals surface area contributed by atoms with Crippen LogP contribution in [0.25, 0.3) is 11.1 Å². The van der Waals surface area contributed by atoms with Crippen LogP contribution in [0, 0.1) is 11.3 Å². The lowest BCUT2D eigenvalue weighted by molar-refractivity contribution is -0.0498. The number of amides is 1. The van der Waals surface area contributed by atoms with E-state index in [-0.39, 0.29) is 47.0 Å². The van der Waals surface area contributed by atoms with Gasteiger partial charge in [0.25, 0.3) is 12.3 Å². The maximum Gasteiger partial charge on any atom is 0.387 e. The second-order valence-corrected chi connectivity index (χ2v) is 7.01. The van der Waals surface area contributed by atoms with Crippen LogP contribution in [0.5, 0.6) is 5.75 Å². The van der Waals surface area contributed by atoms with Gasteiger partial charge in [-0.3, -0.25) is 9.78 Å². The highest BCUT2D eigenvalue weighted by atomic mass is 19.3. The monoisotopic (exact) mass is 448 g/mol. The second-order valence-electron chi connectivity index (χ2n) is 7.01. The van der Waals surface area contributed by atoms with E-state index in [2.05, 4.69) is 9.72 Å². The average molecular weight is 448 g/mol. The van der Waals surface area contributed by atoms with Crippen molar-refractivity contribution in [3.63, 3.8) is 0 Å². The Kier molecular flexibility index (Phi) is 5.85. The molecular formula is C21H16F4N4O3. The molecule has 3 aromatic rings. The van der Waals surface area contributed by atoms with Crippen molar-refractivity contribution in [3.05, 3.63) is 53.4 Å². The number of rotatable bonds is 5. The number of hydrogen-bond donors (Lipinski definition) is 0. The molecule has 0 bridgehead atoms. The molecule has 7 nitrogen and oxygen atoms in total. The third-order valence-corrected chi connectivity index (χ3v) is 5.05. The minimum Gasteiger partial charge on any atom is -0.452 e. The number of pyridine rings is 1. The van der Waals surface area contributed by atoms with Gasteiger partial charge in [-0.25, -0.2) is 8.78 Å². The average Bonchev–Trinajstić information content (AvgIpc) is 3.23. The predicted molar refractivity (Wildman–Crippen MR) is 105 cm³/mol. The number of aromatic nitrogens is 1. The number of piperazine rings is 1. The van der Waals surface area contributed by atoms with Gasteiger partial charge in [0.15, 0.2) is 11.3 Å². The fraction of sp³-hybridized carbons (Fsp3) is 0.286. The van der Waals surface area contributed by atoms with Gasteiger partial charge in [-0.1, -0.05) is 0 Å². The number of carbonyl (C=O) groups is 1. The summed E-state index contributed by atoms with van der Waals surface area (Å²) in [4.78, 5) is 20.4. The number of alkyl halides is 4. The standard InChI is InChI=1S/C21H16F4N4O3/c22-19(23)17-10-16-18(32-17)15(1-2-27-16)20(30)29-5-3-28(4-6-29)13-7-12(11-26)8-14(9-13)31-21(24)25/h1-2,7-10,19,21H,3-6H2. The molecule has 0 N–H and O–H groups in total. The highest BCUT2D eigenvalue weighted by molar-refractivity contribution is 6.04. The number of benzene rings is 1. The van der Waals surface area contributed by atoms with E-state index in [0.29, 0.717) is 18.8 Å². The normalized spacial score (nSPS) is 14.3. The summed E-state index contributed by atoms with van der Waals surface area (Å²) in [6, 6.07) is 8.62. The molecule has 3 heterocycles. The molecule has 4 rings (SSSR count). The topological polar surface area (TPSA) is 82.6 Å². The van der Waals surface area contributed by atoms with Crippen molar-refractivity contribution in [2.45, 2.75) is 13.0 Å². The van der Waals surface area contributed by atoms with Crippen LogP contribution < -0.4 is 9.64 Å². The van der Waals surface area contributed by atoms with Gasteiger partial charge < -0.3 is 19.0 Å². The zero-order valence-electron chi connectivity index (χ0n) is 16.5. The molecule has 166 valence electrons. The van der Waals surface area contributed by atoms with Gasteiger partial charge in [0.05, 0.1) is 17.2 Å². The van der Waals surface area contributed by atoms with Gasteiger partial charge in [-0.15, -0.1) is 0 Å². The lowest BCUT2D eigenvalue weighted by Gasteiger charge is -2.36. The zero-order valence-corrected chi connectivity index (χ0v) is 16.5. The van der Waals surface area contributed by atoms with Crippen molar-refractivity contribution in [2.75, 3.05) is 31.1 Å². The van der Waals surface area contributed by atoms with E-state index in [4.69, 9.17) is 9.68 Å². The number of carbonyl (C=O) groups excluding carboxylic acids is 1. The van der Waals surface area contributed by atoms with E-state index >= 15 is 0 Å². The van der Waals surface area contributed by atoms with Crippen LogP contribution in [-0.4, -0.2) is 48.6 Å². The summed E-state index contributed by atoms with van der Waals surface area (Å²) in [6.45, 7) is -1.72. The SMILES string of the molecule is N#Cc1cc(OC(F)F)cc(N2CCN(C(=O)c3ccnc4cc(C(F)F)oc34)CC2)c1.